The first-order chi connectivity index (χ1) is 3.31. The average Bonchev–Trinajstić information content (AvgIpc) is 1.68. The van der Waals surface area contributed by atoms with Gasteiger partial charge in [0.25, 0.3) is 0 Å². The van der Waals surface area contributed by atoms with E-state index in [1.54, 1.807) is 0 Å². The summed E-state index contributed by atoms with van der Waals surface area (Å²) < 4.78 is 0.620. The molecule has 3 heteroatoms. The highest BCUT2D eigenvalue weighted by Crippen LogP contribution is 1.99. The van der Waals surface area contributed by atoms with Gasteiger partial charge in [-0.3, -0.25) is 0 Å². The van der Waals surface area contributed by atoms with E-state index in [9.17, 15) is 0 Å². The molecule has 0 atom stereocenters. The summed E-state index contributed by atoms with van der Waals surface area (Å²) in [5.41, 5.74) is 0. The van der Waals surface area contributed by atoms with Crippen molar-refractivity contribution in [3.05, 3.63) is 10.6 Å². The van der Waals surface area contributed by atoms with Gasteiger partial charge in [0.05, 0.1) is 13.2 Å². The molecule has 0 spiro atoms. The smallest absolute Gasteiger partial charge is 0.0744 e. The molecule has 2 N–H and O–H groups in total. The van der Waals surface area contributed by atoms with Crippen LogP contribution in [0.3, 0.4) is 0 Å². The summed E-state index contributed by atoms with van der Waals surface area (Å²) in [6, 6.07) is 0. The molecule has 0 aromatic rings. The lowest BCUT2D eigenvalue weighted by molar-refractivity contribution is 0.327. The third-order valence-corrected chi connectivity index (χ3v) is 1.04. The van der Waals surface area contributed by atoms with Crippen LogP contribution in [-0.4, -0.2) is 23.4 Å². The van der Waals surface area contributed by atoms with E-state index < -0.39 is 0 Å². The van der Waals surface area contributed by atoms with E-state index >= 15 is 0 Å². The summed E-state index contributed by atoms with van der Waals surface area (Å²) in [4.78, 5) is 0. The van der Waals surface area contributed by atoms with Crippen molar-refractivity contribution in [3.63, 3.8) is 0 Å². The third kappa shape index (κ3) is 3.98. The Balaban J connectivity index is 3.29. The first-order valence-electron chi connectivity index (χ1n) is 1.87. The van der Waals surface area contributed by atoms with E-state index in [-0.39, 0.29) is 13.2 Å². The molecule has 0 rings (SSSR count). The molecule has 0 fully saturated rings. The Kier molecular flexibility index (Phi) is 4.39. The van der Waals surface area contributed by atoms with Crippen LogP contribution >= 0.6 is 15.9 Å². The first-order valence-corrected chi connectivity index (χ1v) is 2.66. The molecule has 2 nitrogen and oxygen atoms in total. The van der Waals surface area contributed by atoms with Crippen LogP contribution in [0.2, 0.25) is 0 Å². The maximum Gasteiger partial charge on any atom is 0.0744 e. The minimum absolute atomic E-state index is 0.0266. The Morgan fingerprint density at radius 3 is 2.29 bits per heavy atom. The number of rotatable bonds is 2. The number of aliphatic hydroxyl groups is 2. The number of hydrogen-bond acceptors (Lipinski definition) is 2. The van der Waals surface area contributed by atoms with Gasteiger partial charge in [-0.25, -0.2) is 0 Å². The number of aliphatic hydroxyl groups excluding tert-OH is 2. The van der Waals surface area contributed by atoms with E-state index in [1.807, 2.05) is 0 Å². The molecule has 0 aliphatic heterocycles. The van der Waals surface area contributed by atoms with Crippen molar-refractivity contribution in [3.8, 4) is 0 Å². The Bertz CT molecular complexity index is 70.1. The normalized spacial score (nSPS) is 12.1. The van der Waals surface area contributed by atoms with Crippen molar-refractivity contribution in [2.24, 2.45) is 0 Å². The van der Waals surface area contributed by atoms with Crippen molar-refractivity contribution in [2.75, 3.05) is 13.2 Å². The summed E-state index contributed by atoms with van der Waals surface area (Å²) in [5.74, 6) is 0. The second-order valence-electron chi connectivity index (χ2n) is 0.992. The van der Waals surface area contributed by atoms with Crippen molar-refractivity contribution in [2.45, 2.75) is 0 Å². The third-order valence-electron chi connectivity index (χ3n) is 0.464. The molecule has 0 heterocycles. The monoisotopic (exact) mass is 166 g/mol. The summed E-state index contributed by atoms with van der Waals surface area (Å²) >= 11 is 2.99. The van der Waals surface area contributed by atoms with E-state index in [0.29, 0.717) is 4.48 Å². The van der Waals surface area contributed by atoms with Crippen molar-refractivity contribution < 1.29 is 10.2 Å². The molecule has 0 aromatic heterocycles. The van der Waals surface area contributed by atoms with Crippen molar-refractivity contribution in [1.29, 1.82) is 0 Å². The van der Waals surface area contributed by atoms with Gasteiger partial charge in [-0.2, -0.15) is 0 Å². The Morgan fingerprint density at radius 2 is 2.14 bits per heavy atom. The lowest BCUT2D eigenvalue weighted by atomic mass is 10.5. The summed E-state index contributed by atoms with van der Waals surface area (Å²) in [6.07, 6.45) is 1.49. The zero-order chi connectivity index (χ0) is 5.70. The van der Waals surface area contributed by atoms with Crippen LogP contribution in [0.1, 0.15) is 0 Å². The topological polar surface area (TPSA) is 40.5 Å². The Morgan fingerprint density at radius 1 is 1.57 bits per heavy atom. The predicted octanol–water partition coefficient (Wildman–Crippen LogP) is 0.250. The van der Waals surface area contributed by atoms with Gasteiger partial charge in [0.1, 0.15) is 0 Å². The second kappa shape index (κ2) is 4.30. The maximum absolute atomic E-state index is 8.24. The maximum atomic E-state index is 8.24. The first kappa shape index (κ1) is 7.14. The highest BCUT2D eigenvalue weighted by atomic mass is 79.9. The molecule has 0 unspecified atom stereocenters. The van der Waals surface area contributed by atoms with Gasteiger partial charge in [0.15, 0.2) is 0 Å². The number of halogens is 1. The molecule has 0 aliphatic rings. The predicted molar refractivity (Wildman–Crippen MR) is 31.2 cm³/mol. The molecule has 0 amide bonds. The lowest BCUT2D eigenvalue weighted by Crippen LogP contribution is -1.81. The quantitative estimate of drug-likeness (QED) is 0.618. The second-order valence-corrected chi connectivity index (χ2v) is 2.01. The van der Waals surface area contributed by atoms with Crippen molar-refractivity contribution in [1.82, 2.24) is 0 Å². The van der Waals surface area contributed by atoms with Gasteiger partial charge in [-0.05, 0) is 6.08 Å². The molecule has 0 saturated carbocycles. The number of hydrogen-bond donors (Lipinski definition) is 2. The fourth-order valence-electron chi connectivity index (χ4n) is 0.164. The van der Waals surface area contributed by atoms with E-state index in [4.69, 9.17) is 10.2 Å². The van der Waals surface area contributed by atoms with E-state index in [0.717, 1.165) is 0 Å². The van der Waals surface area contributed by atoms with Gasteiger partial charge < -0.3 is 10.2 Å². The van der Waals surface area contributed by atoms with Gasteiger partial charge >= 0.3 is 0 Å². The molecule has 0 radical (unpaired) electrons. The summed E-state index contributed by atoms with van der Waals surface area (Å²) in [7, 11) is 0. The SMILES string of the molecule is OC/C=C(\Br)CO. The molecular weight excluding hydrogens is 160 g/mol. The van der Waals surface area contributed by atoms with Gasteiger partial charge in [-0.15, -0.1) is 0 Å². The largest absolute Gasteiger partial charge is 0.392 e. The molecule has 0 aromatic carbocycles. The molecule has 0 bridgehead atoms. The van der Waals surface area contributed by atoms with Crippen LogP contribution in [0.4, 0.5) is 0 Å². The van der Waals surface area contributed by atoms with Crippen LogP contribution in [0.25, 0.3) is 0 Å². The fraction of sp³-hybridized carbons (Fsp3) is 0.500. The molecular formula is C4H7BrO2. The standard InChI is InChI=1S/C4H7BrO2/c5-4(3-7)1-2-6/h1,6-7H,2-3H2/b4-1-. The zero-order valence-electron chi connectivity index (χ0n) is 3.76. The molecule has 0 aliphatic carbocycles. The fourth-order valence-corrected chi connectivity index (χ4v) is 0.308. The Labute approximate surface area is 50.6 Å². The summed E-state index contributed by atoms with van der Waals surface area (Å²) in [6.45, 7) is -0.0678. The highest BCUT2D eigenvalue weighted by Gasteiger charge is 1.81. The summed E-state index contributed by atoms with van der Waals surface area (Å²) in [5, 5.41) is 16.4. The van der Waals surface area contributed by atoms with Crippen LogP contribution in [0, 0.1) is 0 Å². The van der Waals surface area contributed by atoms with Gasteiger partial charge in [0.2, 0.25) is 0 Å². The Hall–Kier alpha value is 0.140. The van der Waals surface area contributed by atoms with E-state index in [2.05, 4.69) is 15.9 Å². The minimum atomic E-state index is -0.0411. The lowest BCUT2D eigenvalue weighted by Gasteiger charge is -1.85. The molecule has 7 heavy (non-hydrogen) atoms. The highest BCUT2D eigenvalue weighted by molar-refractivity contribution is 9.11. The zero-order valence-corrected chi connectivity index (χ0v) is 5.35. The minimum Gasteiger partial charge on any atom is -0.392 e. The molecule has 42 valence electrons. The molecule has 0 saturated heterocycles. The van der Waals surface area contributed by atoms with Crippen LogP contribution < -0.4 is 0 Å². The van der Waals surface area contributed by atoms with Gasteiger partial charge in [0, 0.05) is 4.48 Å². The van der Waals surface area contributed by atoms with E-state index in [1.165, 1.54) is 6.08 Å². The van der Waals surface area contributed by atoms with Crippen molar-refractivity contribution >= 4 is 15.9 Å². The average molecular weight is 167 g/mol. The van der Waals surface area contributed by atoms with Crippen LogP contribution in [0.15, 0.2) is 10.6 Å². The van der Waals surface area contributed by atoms with Gasteiger partial charge in [-0.1, -0.05) is 15.9 Å². The van der Waals surface area contributed by atoms with Crippen LogP contribution in [0.5, 0.6) is 0 Å². The van der Waals surface area contributed by atoms with Crippen LogP contribution in [-0.2, 0) is 0 Å².